The Hall–Kier alpha value is -0.0900. The highest BCUT2D eigenvalue weighted by molar-refractivity contribution is 9.18. The van der Waals surface area contributed by atoms with E-state index in [0.717, 1.165) is 4.62 Å². The van der Waals surface area contributed by atoms with Crippen LogP contribution in [0.25, 0.3) is 0 Å². The number of aliphatic hydroxyl groups excluding tert-OH is 1. The third-order valence-electron chi connectivity index (χ3n) is 0.901. The van der Waals surface area contributed by atoms with Crippen LogP contribution in [0.5, 0.6) is 0 Å². The van der Waals surface area contributed by atoms with Crippen molar-refractivity contribution in [2.45, 2.75) is 12.5 Å². The van der Waals surface area contributed by atoms with Crippen molar-refractivity contribution in [3.8, 4) is 0 Å². The molecule has 0 aromatic rings. The van der Waals surface area contributed by atoms with E-state index in [-0.39, 0.29) is 12.7 Å². The first-order valence-corrected chi connectivity index (χ1v) is 3.11. The van der Waals surface area contributed by atoms with Crippen molar-refractivity contribution in [1.29, 1.82) is 0 Å². The van der Waals surface area contributed by atoms with Gasteiger partial charge in [-0.25, -0.2) is 0 Å². The lowest BCUT2D eigenvalue weighted by Crippen LogP contribution is -2.10. The van der Waals surface area contributed by atoms with Gasteiger partial charge in [0.1, 0.15) is 4.62 Å². The lowest BCUT2D eigenvalue weighted by molar-refractivity contribution is 0.0390. The summed E-state index contributed by atoms with van der Waals surface area (Å²) in [5.74, 6) is 0. The van der Waals surface area contributed by atoms with Crippen LogP contribution in [0.2, 0.25) is 0 Å². The van der Waals surface area contributed by atoms with Crippen LogP contribution in [-0.2, 0) is 4.84 Å². The van der Waals surface area contributed by atoms with Crippen LogP contribution < -0.4 is 0 Å². The van der Waals surface area contributed by atoms with Crippen molar-refractivity contribution in [3.63, 3.8) is 0 Å². The predicted octanol–water partition coefficient (Wildman–Crippen LogP) is 0.476. The zero-order valence-electron chi connectivity index (χ0n) is 4.17. The Kier molecular flexibility index (Phi) is 1.85. The van der Waals surface area contributed by atoms with E-state index in [1.54, 1.807) is 0 Å². The van der Waals surface area contributed by atoms with Gasteiger partial charge in [-0.1, -0.05) is 5.16 Å². The minimum Gasteiger partial charge on any atom is -0.392 e. The minimum absolute atomic E-state index is 0.0403. The second-order valence-electron chi connectivity index (χ2n) is 1.58. The summed E-state index contributed by atoms with van der Waals surface area (Å²) in [5.41, 5.74) is 0. The average molecular weight is 180 g/mol. The molecular formula is C4H6BrNO2. The van der Waals surface area contributed by atoms with Gasteiger partial charge < -0.3 is 9.94 Å². The van der Waals surface area contributed by atoms with Crippen molar-refractivity contribution in [2.75, 3.05) is 6.61 Å². The molecular weight excluding hydrogens is 174 g/mol. The van der Waals surface area contributed by atoms with Crippen LogP contribution in [0.4, 0.5) is 0 Å². The van der Waals surface area contributed by atoms with Crippen LogP contribution >= 0.6 is 15.9 Å². The fourth-order valence-corrected chi connectivity index (χ4v) is 0.937. The van der Waals surface area contributed by atoms with Gasteiger partial charge in [0.25, 0.3) is 0 Å². The molecule has 0 saturated heterocycles. The van der Waals surface area contributed by atoms with Gasteiger partial charge in [-0.15, -0.1) is 0 Å². The van der Waals surface area contributed by atoms with Gasteiger partial charge in [-0.2, -0.15) is 0 Å². The summed E-state index contributed by atoms with van der Waals surface area (Å²) < 4.78 is 0.775. The molecule has 1 unspecified atom stereocenters. The van der Waals surface area contributed by atoms with Crippen LogP contribution in [0.3, 0.4) is 0 Å². The highest BCUT2D eigenvalue weighted by Crippen LogP contribution is 2.12. The van der Waals surface area contributed by atoms with Gasteiger partial charge in [-0.3, -0.25) is 0 Å². The number of hydrogen-bond acceptors (Lipinski definition) is 3. The molecule has 0 aliphatic carbocycles. The van der Waals surface area contributed by atoms with Gasteiger partial charge in [-0.05, 0) is 15.9 Å². The number of hydrogen-bond donors (Lipinski definition) is 1. The Labute approximate surface area is 55.5 Å². The van der Waals surface area contributed by atoms with E-state index in [1.165, 1.54) is 0 Å². The van der Waals surface area contributed by atoms with Crippen LogP contribution in [-0.4, -0.2) is 22.4 Å². The maximum atomic E-state index is 8.46. The predicted molar refractivity (Wildman–Crippen MR) is 32.9 cm³/mol. The Bertz CT molecular complexity index is 115. The molecule has 0 aromatic heterocycles. The maximum absolute atomic E-state index is 8.46. The average Bonchev–Trinajstić information content (AvgIpc) is 2.14. The molecule has 0 spiro atoms. The van der Waals surface area contributed by atoms with E-state index in [0.29, 0.717) is 6.42 Å². The highest BCUT2D eigenvalue weighted by Gasteiger charge is 2.16. The number of aliphatic hydroxyl groups is 1. The van der Waals surface area contributed by atoms with Crippen LogP contribution in [0.15, 0.2) is 5.16 Å². The third-order valence-corrected chi connectivity index (χ3v) is 1.37. The molecule has 0 aromatic carbocycles. The summed E-state index contributed by atoms with van der Waals surface area (Å²) in [6, 6.07) is 0. The second-order valence-corrected chi connectivity index (χ2v) is 2.50. The molecule has 0 bridgehead atoms. The molecule has 0 fully saturated rings. The summed E-state index contributed by atoms with van der Waals surface area (Å²) in [5, 5.41) is 12.0. The maximum Gasteiger partial charge on any atom is 0.156 e. The molecule has 1 heterocycles. The first-order valence-electron chi connectivity index (χ1n) is 2.32. The second kappa shape index (κ2) is 2.46. The van der Waals surface area contributed by atoms with E-state index < -0.39 is 0 Å². The fraction of sp³-hybridized carbons (Fsp3) is 0.750. The molecule has 1 aliphatic heterocycles. The smallest absolute Gasteiger partial charge is 0.156 e. The molecule has 1 atom stereocenters. The SMILES string of the molecule is OCC1CC(Br)=NO1. The molecule has 8 heavy (non-hydrogen) atoms. The van der Waals surface area contributed by atoms with Crippen molar-refractivity contribution in [2.24, 2.45) is 5.16 Å². The normalized spacial score (nSPS) is 27.2. The van der Waals surface area contributed by atoms with Gasteiger partial charge in [0.15, 0.2) is 6.10 Å². The van der Waals surface area contributed by atoms with Crippen molar-refractivity contribution in [3.05, 3.63) is 0 Å². The first-order chi connectivity index (χ1) is 3.83. The molecule has 1 aliphatic rings. The van der Waals surface area contributed by atoms with Crippen LogP contribution in [0.1, 0.15) is 6.42 Å². The molecule has 1 rings (SSSR count). The minimum atomic E-state index is -0.121. The lowest BCUT2D eigenvalue weighted by atomic mass is 10.3. The van der Waals surface area contributed by atoms with Gasteiger partial charge >= 0.3 is 0 Å². The van der Waals surface area contributed by atoms with Crippen molar-refractivity contribution < 1.29 is 9.94 Å². The quantitative estimate of drug-likeness (QED) is 0.637. The number of halogens is 1. The Morgan fingerprint density at radius 2 is 2.75 bits per heavy atom. The van der Waals surface area contributed by atoms with Gasteiger partial charge in [0.2, 0.25) is 0 Å². The molecule has 46 valence electrons. The number of rotatable bonds is 1. The Morgan fingerprint density at radius 1 is 2.00 bits per heavy atom. The zero-order chi connectivity index (χ0) is 5.98. The summed E-state index contributed by atoms with van der Waals surface area (Å²) in [6.07, 6.45) is 0.570. The Morgan fingerprint density at radius 3 is 3.00 bits per heavy atom. The monoisotopic (exact) mass is 179 g/mol. The van der Waals surface area contributed by atoms with E-state index in [9.17, 15) is 0 Å². The summed E-state index contributed by atoms with van der Waals surface area (Å²) >= 11 is 3.13. The lowest BCUT2D eigenvalue weighted by Gasteiger charge is -1.99. The number of oxime groups is 1. The highest BCUT2D eigenvalue weighted by atomic mass is 79.9. The Balaban J connectivity index is 2.32. The summed E-state index contributed by atoms with van der Waals surface area (Å²) in [4.78, 5) is 4.71. The van der Waals surface area contributed by atoms with Gasteiger partial charge in [0, 0.05) is 6.42 Å². The first kappa shape index (κ1) is 6.04. The van der Waals surface area contributed by atoms with E-state index in [2.05, 4.69) is 21.1 Å². The van der Waals surface area contributed by atoms with E-state index in [4.69, 9.17) is 9.94 Å². The third kappa shape index (κ3) is 1.20. The fourth-order valence-electron chi connectivity index (χ4n) is 0.492. The molecule has 4 heteroatoms. The molecule has 0 amide bonds. The summed E-state index contributed by atoms with van der Waals surface area (Å²) in [7, 11) is 0. The van der Waals surface area contributed by atoms with Crippen LogP contribution in [0, 0.1) is 0 Å². The van der Waals surface area contributed by atoms with Crippen molar-refractivity contribution >= 4 is 20.6 Å². The van der Waals surface area contributed by atoms with Gasteiger partial charge in [0.05, 0.1) is 6.61 Å². The van der Waals surface area contributed by atoms with Crippen molar-refractivity contribution in [1.82, 2.24) is 0 Å². The molecule has 3 nitrogen and oxygen atoms in total. The molecule has 0 saturated carbocycles. The number of nitrogens with zero attached hydrogens (tertiary/aromatic N) is 1. The van der Waals surface area contributed by atoms with E-state index >= 15 is 0 Å². The summed E-state index contributed by atoms with van der Waals surface area (Å²) in [6.45, 7) is 0.0403. The molecule has 0 radical (unpaired) electrons. The standard InChI is InChI=1S/C4H6BrNO2/c5-4-1-3(2-7)8-6-4/h3,7H,1-2H2. The van der Waals surface area contributed by atoms with E-state index in [1.807, 2.05) is 0 Å². The zero-order valence-corrected chi connectivity index (χ0v) is 5.76. The topological polar surface area (TPSA) is 41.8 Å². The largest absolute Gasteiger partial charge is 0.392 e. The molecule has 1 N–H and O–H groups in total.